The van der Waals surface area contributed by atoms with E-state index >= 15 is 0 Å². The van der Waals surface area contributed by atoms with Crippen molar-refractivity contribution in [3.8, 4) is 23.3 Å². The van der Waals surface area contributed by atoms with Gasteiger partial charge in [0.25, 0.3) is 0 Å². The first kappa shape index (κ1) is 15.8. The molecule has 0 fully saturated rings. The first-order valence-corrected chi connectivity index (χ1v) is 6.23. The largest absolute Gasteiger partial charge is 0.496 e. The molecule has 0 aliphatic heterocycles. The van der Waals surface area contributed by atoms with E-state index in [1.807, 2.05) is 19.9 Å². The number of benzene rings is 1. The van der Waals surface area contributed by atoms with Crippen LogP contribution in [0.15, 0.2) is 12.1 Å². The Morgan fingerprint density at radius 1 is 1.05 bits per heavy atom. The molecule has 108 valence electrons. The standard InChI is InChI=1S/C15H19NO4/c1-9(2)11(8-16)15(17)10-6-13(19-4)14(20-5)7-12(10)18-3/h6-7,9,11H,1-5H3. The van der Waals surface area contributed by atoms with Crippen LogP contribution in [-0.4, -0.2) is 27.1 Å². The quantitative estimate of drug-likeness (QED) is 0.748. The molecule has 1 rings (SSSR count). The lowest BCUT2D eigenvalue weighted by Gasteiger charge is -2.16. The fourth-order valence-corrected chi connectivity index (χ4v) is 1.90. The van der Waals surface area contributed by atoms with E-state index < -0.39 is 5.92 Å². The zero-order valence-corrected chi connectivity index (χ0v) is 12.4. The first-order chi connectivity index (χ1) is 9.49. The normalized spacial score (nSPS) is 11.7. The third kappa shape index (κ3) is 3.02. The predicted octanol–water partition coefficient (Wildman–Crippen LogP) is 2.69. The Kier molecular flexibility index (Phi) is 5.39. The molecular formula is C15H19NO4. The van der Waals surface area contributed by atoms with Gasteiger partial charge in [0.2, 0.25) is 0 Å². The molecule has 0 aliphatic rings. The maximum absolute atomic E-state index is 12.5. The second kappa shape index (κ2) is 6.80. The SMILES string of the molecule is COc1cc(OC)c(C(=O)C(C#N)C(C)C)cc1OC. The number of nitriles is 1. The van der Waals surface area contributed by atoms with Crippen molar-refractivity contribution in [1.82, 2.24) is 0 Å². The monoisotopic (exact) mass is 277 g/mol. The molecule has 0 bridgehead atoms. The highest BCUT2D eigenvalue weighted by Crippen LogP contribution is 2.36. The maximum Gasteiger partial charge on any atom is 0.184 e. The third-order valence-corrected chi connectivity index (χ3v) is 3.06. The second-order valence-electron chi connectivity index (χ2n) is 4.62. The molecule has 0 saturated carbocycles. The summed E-state index contributed by atoms with van der Waals surface area (Å²) in [6.45, 7) is 3.66. The molecule has 5 heteroatoms. The van der Waals surface area contributed by atoms with Gasteiger partial charge in [-0.05, 0) is 12.0 Å². The smallest absolute Gasteiger partial charge is 0.184 e. The van der Waals surface area contributed by atoms with E-state index in [0.29, 0.717) is 22.8 Å². The topological polar surface area (TPSA) is 68.5 Å². The molecule has 0 N–H and O–H groups in total. The fourth-order valence-electron chi connectivity index (χ4n) is 1.90. The van der Waals surface area contributed by atoms with Crippen LogP contribution in [-0.2, 0) is 0 Å². The van der Waals surface area contributed by atoms with E-state index in [4.69, 9.17) is 19.5 Å². The number of nitrogens with zero attached hydrogens (tertiary/aromatic N) is 1. The molecule has 1 aromatic carbocycles. The molecule has 0 amide bonds. The van der Waals surface area contributed by atoms with Gasteiger partial charge < -0.3 is 14.2 Å². The average Bonchev–Trinajstić information content (AvgIpc) is 2.45. The van der Waals surface area contributed by atoms with E-state index in [9.17, 15) is 4.79 Å². The van der Waals surface area contributed by atoms with E-state index in [0.717, 1.165) is 0 Å². The first-order valence-electron chi connectivity index (χ1n) is 6.23. The molecule has 0 saturated heterocycles. The number of carbonyl (C=O) groups excluding carboxylic acids is 1. The number of carbonyl (C=O) groups is 1. The lowest BCUT2D eigenvalue weighted by atomic mass is 9.88. The molecule has 0 heterocycles. The van der Waals surface area contributed by atoms with Gasteiger partial charge in [-0.25, -0.2) is 0 Å². The summed E-state index contributed by atoms with van der Waals surface area (Å²) in [5.41, 5.74) is 0.324. The molecular weight excluding hydrogens is 258 g/mol. The second-order valence-corrected chi connectivity index (χ2v) is 4.62. The van der Waals surface area contributed by atoms with Gasteiger partial charge >= 0.3 is 0 Å². The molecule has 1 atom stereocenters. The van der Waals surface area contributed by atoms with E-state index in [2.05, 4.69) is 0 Å². The number of ketones is 1. The van der Waals surface area contributed by atoms with Crippen molar-refractivity contribution in [3.05, 3.63) is 17.7 Å². The minimum Gasteiger partial charge on any atom is -0.496 e. The van der Waals surface area contributed by atoms with E-state index in [1.165, 1.54) is 21.3 Å². The Hall–Kier alpha value is -2.22. The van der Waals surface area contributed by atoms with Crippen molar-refractivity contribution in [2.24, 2.45) is 11.8 Å². The molecule has 0 aromatic heterocycles. The Morgan fingerprint density at radius 2 is 1.55 bits per heavy atom. The van der Waals surface area contributed by atoms with Gasteiger partial charge in [-0.3, -0.25) is 4.79 Å². The number of methoxy groups -OCH3 is 3. The highest BCUT2D eigenvalue weighted by molar-refractivity contribution is 6.02. The fraction of sp³-hybridized carbons (Fsp3) is 0.467. The Bertz CT molecular complexity index is 531. The predicted molar refractivity (Wildman–Crippen MR) is 74.4 cm³/mol. The van der Waals surface area contributed by atoms with Crippen LogP contribution in [0.1, 0.15) is 24.2 Å². The van der Waals surface area contributed by atoms with Gasteiger partial charge in [-0.2, -0.15) is 5.26 Å². The number of hydrogen-bond donors (Lipinski definition) is 0. The van der Waals surface area contributed by atoms with Crippen molar-refractivity contribution in [1.29, 1.82) is 5.26 Å². The highest BCUT2D eigenvalue weighted by Gasteiger charge is 2.27. The Morgan fingerprint density at radius 3 is 1.95 bits per heavy atom. The van der Waals surface area contributed by atoms with E-state index in [1.54, 1.807) is 12.1 Å². The summed E-state index contributed by atoms with van der Waals surface area (Å²) < 4.78 is 15.6. The van der Waals surface area contributed by atoms with Crippen molar-refractivity contribution in [2.75, 3.05) is 21.3 Å². The maximum atomic E-state index is 12.5. The molecule has 0 spiro atoms. The molecule has 20 heavy (non-hydrogen) atoms. The minimum atomic E-state index is -0.720. The van der Waals surface area contributed by atoms with Crippen molar-refractivity contribution >= 4 is 5.78 Å². The number of rotatable bonds is 6. The van der Waals surface area contributed by atoms with E-state index in [-0.39, 0.29) is 11.7 Å². The highest BCUT2D eigenvalue weighted by atomic mass is 16.5. The zero-order valence-electron chi connectivity index (χ0n) is 12.4. The molecule has 5 nitrogen and oxygen atoms in total. The van der Waals surface area contributed by atoms with Gasteiger partial charge in [0, 0.05) is 6.07 Å². The summed E-state index contributed by atoms with van der Waals surface area (Å²) in [4.78, 5) is 12.5. The van der Waals surface area contributed by atoms with Gasteiger partial charge in [0.15, 0.2) is 17.3 Å². The van der Waals surface area contributed by atoms with Crippen LogP contribution < -0.4 is 14.2 Å². The summed E-state index contributed by atoms with van der Waals surface area (Å²) >= 11 is 0. The Labute approximate surface area is 119 Å². The lowest BCUT2D eigenvalue weighted by Crippen LogP contribution is -2.19. The van der Waals surface area contributed by atoms with Gasteiger partial charge in [0.1, 0.15) is 11.7 Å². The van der Waals surface area contributed by atoms with Crippen molar-refractivity contribution in [2.45, 2.75) is 13.8 Å². The summed E-state index contributed by atoms with van der Waals surface area (Å²) in [5.74, 6) is 0.192. The van der Waals surface area contributed by atoms with Crippen LogP contribution in [0.2, 0.25) is 0 Å². The van der Waals surface area contributed by atoms with Crippen LogP contribution in [0.5, 0.6) is 17.2 Å². The summed E-state index contributed by atoms with van der Waals surface area (Å²) in [6, 6.07) is 5.17. The lowest BCUT2D eigenvalue weighted by molar-refractivity contribution is 0.0921. The zero-order chi connectivity index (χ0) is 15.3. The third-order valence-electron chi connectivity index (χ3n) is 3.06. The average molecular weight is 277 g/mol. The number of ether oxygens (including phenoxy) is 3. The van der Waals surface area contributed by atoms with Crippen LogP contribution in [0.25, 0.3) is 0 Å². The number of Topliss-reactive ketones (excluding diaryl/α,β-unsaturated/α-hetero) is 1. The van der Waals surface area contributed by atoms with Crippen molar-refractivity contribution in [3.63, 3.8) is 0 Å². The molecule has 1 aromatic rings. The van der Waals surface area contributed by atoms with Gasteiger partial charge in [0.05, 0.1) is 33.0 Å². The van der Waals surface area contributed by atoms with Gasteiger partial charge in [-0.1, -0.05) is 13.8 Å². The van der Waals surface area contributed by atoms with Crippen LogP contribution in [0.4, 0.5) is 0 Å². The minimum absolute atomic E-state index is 0.0784. The number of hydrogen-bond acceptors (Lipinski definition) is 5. The Balaban J connectivity index is 3.36. The van der Waals surface area contributed by atoms with Crippen LogP contribution in [0, 0.1) is 23.2 Å². The summed E-state index contributed by atoms with van der Waals surface area (Å²) in [7, 11) is 4.46. The van der Waals surface area contributed by atoms with Crippen molar-refractivity contribution < 1.29 is 19.0 Å². The molecule has 1 unspecified atom stereocenters. The molecule has 0 aliphatic carbocycles. The van der Waals surface area contributed by atoms with Crippen LogP contribution >= 0.6 is 0 Å². The summed E-state index contributed by atoms with van der Waals surface area (Å²) in [6.07, 6.45) is 0. The van der Waals surface area contributed by atoms with Gasteiger partial charge in [-0.15, -0.1) is 0 Å². The molecule has 0 radical (unpaired) electrons. The van der Waals surface area contributed by atoms with Crippen LogP contribution in [0.3, 0.4) is 0 Å². The summed E-state index contributed by atoms with van der Waals surface area (Å²) in [5, 5.41) is 9.15.